The van der Waals surface area contributed by atoms with Crippen LogP contribution in [0, 0.1) is 0 Å². The van der Waals surface area contributed by atoms with Crippen LogP contribution < -0.4 is 0 Å². The molecule has 0 bridgehead atoms. The molecule has 1 aromatic carbocycles. The second-order valence-corrected chi connectivity index (χ2v) is 20.1. The van der Waals surface area contributed by atoms with Gasteiger partial charge in [-0.3, -0.25) is 0 Å². The number of hydrogen-bond acceptors (Lipinski definition) is 4. The van der Waals surface area contributed by atoms with E-state index in [-0.39, 0.29) is 5.57 Å². The Hall–Kier alpha value is -1.67. The number of carbonyl (C=O) groups excluding carboxylic acids is 2. The molecule has 4 nitrogen and oxygen atoms in total. The van der Waals surface area contributed by atoms with E-state index in [4.69, 9.17) is 9.47 Å². The Morgan fingerprint density at radius 3 is 1.62 bits per heavy atom. The Morgan fingerprint density at radius 2 is 1.23 bits per heavy atom. The van der Waals surface area contributed by atoms with Gasteiger partial charge in [-0.25, -0.2) is 9.59 Å². The van der Waals surface area contributed by atoms with Gasteiger partial charge in [-0.2, -0.15) is 0 Å². The van der Waals surface area contributed by atoms with Crippen molar-refractivity contribution in [2.75, 3.05) is 13.2 Å². The van der Waals surface area contributed by atoms with Gasteiger partial charge in [-0.05, 0) is 23.7 Å². The first kappa shape index (κ1) is 22.4. The van der Waals surface area contributed by atoms with E-state index in [1.165, 1.54) is 0 Å². The molecule has 0 saturated heterocycles. The monoisotopic (exact) mass is 392 g/mol. The first-order valence-corrected chi connectivity index (χ1v) is 16.5. The molecule has 0 fully saturated rings. The summed E-state index contributed by atoms with van der Waals surface area (Å²) < 4.78 is 10.7. The first-order chi connectivity index (χ1) is 12.0. The fraction of sp³-hybridized carbons (Fsp3) is 0.500. The van der Waals surface area contributed by atoms with Gasteiger partial charge in [0.15, 0.2) is 0 Å². The lowest BCUT2D eigenvalue weighted by atomic mass is 10.1. The number of rotatable bonds is 9. The van der Waals surface area contributed by atoms with E-state index >= 15 is 0 Å². The summed E-state index contributed by atoms with van der Waals surface area (Å²) in [4.78, 5) is 24.9. The first-order valence-electron chi connectivity index (χ1n) is 9.09. The summed E-state index contributed by atoms with van der Waals surface area (Å²) in [7, 11) is -2.62. The average Bonchev–Trinajstić information content (AvgIpc) is 2.50. The van der Waals surface area contributed by atoms with Crippen LogP contribution in [0.15, 0.2) is 35.9 Å². The van der Waals surface area contributed by atoms with Crippen LogP contribution >= 0.6 is 0 Å². The van der Waals surface area contributed by atoms with E-state index in [2.05, 4.69) is 39.3 Å². The zero-order valence-electron chi connectivity index (χ0n) is 16.9. The maximum Gasteiger partial charge on any atom is 0.345 e. The zero-order chi connectivity index (χ0) is 19.8. The van der Waals surface area contributed by atoms with Crippen molar-refractivity contribution in [3.05, 3.63) is 41.5 Å². The van der Waals surface area contributed by atoms with Crippen molar-refractivity contribution >= 4 is 34.2 Å². The van der Waals surface area contributed by atoms with Gasteiger partial charge in [0, 0.05) is 16.1 Å². The smallest absolute Gasteiger partial charge is 0.345 e. The van der Waals surface area contributed by atoms with Gasteiger partial charge in [-0.15, -0.1) is 0 Å². The van der Waals surface area contributed by atoms with E-state index in [0.29, 0.717) is 13.2 Å². The van der Waals surface area contributed by atoms with Crippen LogP contribution in [0.4, 0.5) is 0 Å². The van der Waals surface area contributed by atoms with Gasteiger partial charge >= 0.3 is 11.9 Å². The SMILES string of the molecule is C[Si](C)(C)CCOC(=O)C(=Cc1ccccc1)C(=O)OCC[Si](C)(C)C. The maximum absolute atomic E-state index is 12.5. The third-order valence-corrected chi connectivity index (χ3v) is 7.13. The summed E-state index contributed by atoms with van der Waals surface area (Å²) >= 11 is 0. The predicted molar refractivity (Wildman–Crippen MR) is 113 cm³/mol. The standard InChI is InChI=1S/C20H32O4Si2/c1-25(2,3)14-12-23-19(21)18(16-17-10-8-7-9-11-17)20(22)24-13-15-26(4,5)6/h7-11,16H,12-15H2,1-6H3. The van der Waals surface area contributed by atoms with Gasteiger partial charge in [0.05, 0.1) is 13.2 Å². The average molecular weight is 393 g/mol. The van der Waals surface area contributed by atoms with Crippen molar-refractivity contribution in [2.24, 2.45) is 0 Å². The number of esters is 2. The Bertz CT molecular complexity index is 591. The van der Waals surface area contributed by atoms with Crippen LogP contribution in [0.2, 0.25) is 51.4 Å². The molecule has 0 aromatic heterocycles. The predicted octanol–water partition coefficient (Wildman–Crippen LogP) is 4.83. The Balaban J connectivity index is 2.83. The van der Waals surface area contributed by atoms with Crippen LogP contribution in [-0.4, -0.2) is 41.3 Å². The highest BCUT2D eigenvalue weighted by atomic mass is 28.3. The highest BCUT2D eigenvalue weighted by Gasteiger charge is 2.23. The number of hydrogen-bond donors (Lipinski definition) is 0. The van der Waals surface area contributed by atoms with Gasteiger partial charge in [0.25, 0.3) is 0 Å². The van der Waals surface area contributed by atoms with Crippen molar-refractivity contribution < 1.29 is 19.1 Å². The summed E-state index contributed by atoms with van der Waals surface area (Å²) in [6.07, 6.45) is 1.55. The molecule has 0 aliphatic rings. The highest BCUT2D eigenvalue weighted by molar-refractivity contribution is 6.76. The van der Waals surface area contributed by atoms with Crippen LogP contribution in [0.5, 0.6) is 0 Å². The van der Waals surface area contributed by atoms with Crippen molar-refractivity contribution in [1.82, 2.24) is 0 Å². The molecule has 144 valence electrons. The third kappa shape index (κ3) is 9.72. The fourth-order valence-corrected chi connectivity index (χ4v) is 3.40. The van der Waals surface area contributed by atoms with E-state index < -0.39 is 28.1 Å². The fourth-order valence-electron chi connectivity index (χ4n) is 1.97. The molecular weight excluding hydrogens is 360 g/mol. The third-order valence-electron chi connectivity index (χ3n) is 3.72. The molecule has 0 saturated carbocycles. The molecule has 0 unspecified atom stereocenters. The number of benzene rings is 1. The number of carbonyl (C=O) groups is 2. The molecule has 0 amide bonds. The van der Waals surface area contributed by atoms with Crippen LogP contribution in [0.1, 0.15) is 5.56 Å². The lowest BCUT2D eigenvalue weighted by molar-refractivity contribution is -0.146. The second-order valence-electron chi connectivity index (χ2n) is 8.86. The van der Waals surface area contributed by atoms with Crippen LogP contribution in [0.3, 0.4) is 0 Å². The normalized spacial score (nSPS) is 11.6. The van der Waals surface area contributed by atoms with Crippen molar-refractivity contribution in [1.29, 1.82) is 0 Å². The summed E-state index contributed by atoms with van der Waals surface area (Å²) in [5.74, 6) is -1.21. The van der Waals surface area contributed by atoms with E-state index in [9.17, 15) is 9.59 Å². The topological polar surface area (TPSA) is 52.6 Å². The molecular formula is C20H32O4Si2. The molecule has 0 spiro atoms. The molecule has 0 atom stereocenters. The highest BCUT2D eigenvalue weighted by Crippen LogP contribution is 2.14. The summed E-state index contributed by atoms with van der Waals surface area (Å²) in [5, 5.41) is 0. The Morgan fingerprint density at radius 1 is 0.808 bits per heavy atom. The lowest BCUT2D eigenvalue weighted by Crippen LogP contribution is -2.26. The Labute approximate surface area is 159 Å². The lowest BCUT2D eigenvalue weighted by Gasteiger charge is -2.17. The summed E-state index contributed by atoms with van der Waals surface area (Å²) in [6, 6.07) is 11.0. The molecule has 6 heteroatoms. The largest absolute Gasteiger partial charge is 0.462 e. The van der Waals surface area contributed by atoms with Crippen molar-refractivity contribution in [3.8, 4) is 0 Å². The van der Waals surface area contributed by atoms with Gasteiger partial charge in [0.2, 0.25) is 0 Å². The minimum absolute atomic E-state index is 0.0395. The van der Waals surface area contributed by atoms with Crippen molar-refractivity contribution in [2.45, 2.75) is 51.4 Å². The van der Waals surface area contributed by atoms with E-state index in [0.717, 1.165) is 17.7 Å². The van der Waals surface area contributed by atoms with Gasteiger partial charge in [0.1, 0.15) is 5.57 Å². The zero-order valence-corrected chi connectivity index (χ0v) is 18.9. The molecule has 1 aromatic rings. The molecule has 26 heavy (non-hydrogen) atoms. The van der Waals surface area contributed by atoms with Crippen molar-refractivity contribution in [3.63, 3.8) is 0 Å². The molecule has 0 N–H and O–H groups in total. The second kappa shape index (κ2) is 9.87. The minimum Gasteiger partial charge on any atom is -0.462 e. The Kier molecular flexibility index (Phi) is 8.50. The number of ether oxygens (including phenoxy) is 2. The minimum atomic E-state index is -1.31. The van der Waals surface area contributed by atoms with Crippen LogP contribution in [-0.2, 0) is 19.1 Å². The maximum atomic E-state index is 12.5. The molecule has 0 aliphatic heterocycles. The van der Waals surface area contributed by atoms with E-state index in [1.54, 1.807) is 6.08 Å². The molecule has 0 aliphatic carbocycles. The summed E-state index contributed by atoms with van der Waals surface area (Å²) in [6.45, 7) is 14.0. The summed E-state index contributed by atoms with van der Waals surface area (Å²) in [5.41, 5.74) is 0.731. The van der Waals surface area contributed by atoms with Gasteiger partial charge in [-0.1, -0.05) is 69.6 Å². The van der Waals surface area contributed by atoms with E-state index in [1.807, 2.05) is 30.3 Å². The van der Waals surface area contributed by atoms with Gasteiger partial charge < -0.3 is 9.47 Å². The quantitative estimate of drug-likeness (QED) is 0.198. The molecule has 0 radical (unpaired) electrons. The van der Waals surface area contributed by atoms with Crippen LogP contribution in [0.25, 0.3) is 6.08 Å². The molecule has 1 rings (SSSR count). The molecule has 0 heterocycles.